The lowest BCUT2D eigenvalue weighted by Crippen LogP contribution is -2.32. The van der Waals surface area contributed by atoms with Gasteiger partial charge in [0, 0.05) is 29.5 Å². The van der Waals surface area contributed by atoms with Gasteiger partial charge in [-0.2, -0.15) is 0 Å². The Morgan fingerprint density at radius 3 is 2.61 bits per heavy atom. The van der Waals surface area contributed by atoms with Crippen LogP contribution in [-0.2, 0) is 14.3 Å². The van der Waals surface area contributed by atoms with Gasteiger partial charge in [0.2, 0.25) is 0 Å². The first-order chi connectivity index (χ1) is 13.4. The third kappa shape index (κ3) is 6.36. The van der Waals surface area contributed by atoms with Crippen molar-refractivity contribution in [2.24, 2.45) is 0 Å². The summed E-state index contributed by atoms with van der Waals surface area (Å²) < 4.78 is 4.79. The quantitative estimate of drug-likeness (QED) is 0.591. The molecule has 0 aliphatic rings. The van der Waals surface area contributed by atoms with E-state index >= 15 is 0 Å². The lowest BCUT2D eigenvalue weighted by atomic mass is 10.2. The van der Waals surface area contributed by atoms with Crippen molar-refractivity contribution in [2.45, 2.75) is 0 Å². The van der Waals surface area contributed by atoms with Crippen LogP contribution in [-0.4, -0.2) is 48.9 Å². The molecule has 0 unspecified atom stereocenters. The lowest BCUT2D eigenvalue weighted by Gasteiger charge is -2.08. The van der Waals surface area contributed by atoms with Gasteiger partial charge in [0.05, 0.1) is 0 Å². The number of ether oxygens (including phenoxy) is 1. The van der Waals surface area contributed by atoms with Crippen LogP contribution in [0, 0.1) is 0 Å². The normalized spacial score (nSPS) is 9.93. The molecule has 0 radical (unpaired) electrons. The topological polar surface area (TPSA) is 126 Å². The standard InChI is InChI=1S/C18H17ClN4O5/c1-20-17(26)11-3-2-4-13(7-11)23-15(24)10-28-16(25)9-22-18(27)14-8-12(19)5-6-21-14/h2-8H,9-10H2,1H3,(H,20,26)(H,22,27)(H,23,24). The molecule has 28 heavy (non-hydrogen) atoms. The highest BCUT2D eigenvalue weighted by Crippen LogP contribution is 2.10. The molecule has 0 aliphatic carbocycles. The molecule has 9 nitrogen and oxygen atoms in total. The van der Waals surface area contributed by atoms with Crippen molar-refractivity contribution in [1.82, 2.24) is 15.6 Å². The SMILES string of the molecule is CNC(=O)c1cccc(NC(=O)COC(=O)CNC(=O)c2cc(Cl)ccn2)c1. The smallest absolute Gasteiger partial charge is 0.325 e. The molecule has 0 atom stereocenters. The second-order valence-electron chi connectivity index (χ2n) is 5.41. The largest absolute Gasteiger partial charge is 0.454 e. The molecule has 2 aromatic rings. The average molecular weight is 405 g/mol. The fourth-order valence-electron chi connectivity index (χ4n) is 2.05. The summed E-state index contributed by atoms with van der Waals surface area (Å²) in [6.45, 7) is -0.985. The second kappa shape index (κ2) is 10.0. The maximum atomic E-state index is 11.9. The number of hydrogen-bond acceptors (Lipinski definition) is 6. The Bertz CT molecular complexity index is 903. The number of anilines is 1. The van der Waals surface area contributed by atoms with Crippen LogP contribution in [0.3, 0.4) is 0 Å². The molecule has 0 aliphatic heterocycles. The molecule has 3 N–H and O–H groups in total. The van der Waals surface area contributed by atoms with Crippen LogP contribution in [0.15, 0.2) is 42.6 Å². The van der Waals surface area contributed by atoms with Gasteiger partial charge in [0.25, 0.3) is 17.7 Å². The van der Waals surface area contributed by atoms with Gasteiger partial charge in [-0.15, -0.1) is 0 Å². The molecule has 0 saturated carbocycles. The molecular formula is C18H17ClN4O5. The number of nitrogens with zero attached hydrogens (tertiary/aromatic N) is 1. The van der Waals surface area contributed by atoms with Gasteiger partial charge in [-0.3, -0.25) is 24.2 Å². The van der Waals surface area contributed by atoms with Gasteiger partial charge in [-0.05, 0) is 30.3 Å². The van der Waals surface area contributed by atoms with Crippen LogP contribution < -0.4 is 16.0 Å². The van der Waals surface area contributed by atoms with Gasteiger partial charge in [-0.25, -0.2) is 0 Å². The van der Waals surface area contributed by atoms with E-state index in [1.807, 2.05) is 0 Å². The third-order valence-corrected chi connectivity index (χ3v) is 3.58. The average Bonchev–Trinajstić information content (AvgIpc) is 2.70. The van der Waals surface area contributed by atoms with Gasteiger partial charge in [-0.1, -0.05) is 17.7 Å². The molecule has 10 heteroatoms. The van der Waals surface area contributed by atoms with E-state index in [2.05, 4.69) is 20.9 Å². The lowest BCUT2D eigenvalue weighted by molar-refractivity contribution is -0.146. The summed E-state index contributed by atoms with van der Waals surface area (Å²) in [7, 11) is 1.49. The van der Waals surface area contributed by atoms with Gasteiger partial charge < -0.3 is 20.7 Å². The van der Waals surface area contributed by atoms with Crippen LogP contribution in [0.25, 0.3) is 0 Å². The van der Waals surface area contributed by atoms with E-state index in [1.165, 1.54) is 31.4 Å². The van der Waals surface area contributed by atoms with E-state index in [0.717, 1.165) is 0 Å². The zero-order valence-electron chi connectivity index (χ0n) is 14.8. The molecule has 1 aromatic carbocycles. The van der Waals surface area contributed by atoms with Crippen LogP contribution in [0.1, 0.15) is 20.8 Å². The van der Waals surface area contributed by atoms with Gasteiger partial charge in [0.1, 0.15) is 12.2 Å². The van der Waals surface area contributed by atoms with Crippen molar-refractivity contribution >= 4 is 41.0 Å². The molecule has 1 heterocycles. The maximum absolute atomic E-state index is 11.9. The molecule has 0 bridgehead atoms. The summed E-state index contributed by atoms with van der Waals surface area (Å²) in [5.41, 5.74) is 0.797. The Morgan fingerprint density at radius 1 is 1.11 bits per heavy atom. The molecule has 2 rings (SSSR count). The first-order valence-electron chi connectivity index (χ1n) is 8.06. The highest BCUT2D eigenvalue weighted by atomic mass is 35.5. The summed E-state index contributed by atoms with van der Waals surface area (Å²) in [4.78, 5) is 50.8. The van der Waals surface area contributed by atoms with E-state index in [1.54, 1.807) is 18.2 Å². The molecule has 0 spiro atoms. The number of benzene rings is 1. The Labute approximate surface area is 165 Å². The third-order valence-electron chi connectivity index (χ3n) is 3.35. The van der Waals surface area contributed by atoms with Crippen LogP contribution in [0.2, 0.25) is 5.02 Å². The molecule has 3 amide bonds. The fourth-order valence-corrected chi connectivity index (χ4v) is 2.21. The van der Waals surface area contributed by atoms with Crippen molar-refractivity contribution in [1.29, 1.82) is 0 Å². The Morgan fingerprint density at radius 2 is 1.89 bits per heavy atom. The van der Waals surface area contributed by atoms with Crippen molar-refractivity contribution in [3.63, 3.8) is 0 Å². The first-order valence-corrected chi connectivity index (χ1v) is 8.44. The molecule has 0 saturated heterocycles. The molecule has 0 fully saturated rings. The first kappa shape index (κ1) is 20.8. The summed E-state index contributed by atoms with van der Waals surface area (Å²) in [5.74, 6) is -2.29. The Hall–Kier alpha value is -3.46. The minimum atomic E-state index is -0.801. The second-order valence-corrected chi connectivity index (χ2v) is 5.85. The predicted octanol–water partition coefficient (Wildman–Crippen LogP) is 1.01. The van der Waals surface area contributed by atoms with E-state index in [-0.39, 0.29) is 11.6 Å². The van der Waals surface area contributed by atoms with Crippen molar-refractivity contribution in [2.75, 3.05) is 25.5 Å². The molecular weight excluding hydrogens is 388 g/mol. The number of esters is 1. The van der Waals surface area contributed by atoms with E-state index in [0.29, 0.717) is 16.3 Å². The van der Waals surface area contributed by atoms with Crippen molar-refractivity contribution < 1.29 is 23.9 Å². The number of aromatic nitrogens is 1. The number of hydrogen-bond donors (Lipinski definition) is 3. The Kier molecular flexibility index (Phi) is 7.46. The minimum absolute atomic E-state index is 0.0500. The van der Waals surface area contributed by atoms with Crippen LogP contribution >= 0.6 is 11.6 Å². The van der Waals surface area contributed by atoms with E-state index in [4.69, 9.17) is 16.3 Å². The number of carbonyl (C=O) groups excluding carboxylic acids is 4. The van der Waals surface area contributed by atoms with Crippen LogP contribution in [0.4, 0.5) is 5.69 Å². The Balaban J connectivity index is 1.77. The summed E-state index contributed by atoms with van der Waals surface area (Å²) in [5, 5.41) is 7.63. The number of amides is 3. The highest BCUT2D eigenvalue weighted by molar-refractivity contribution is 6.30. The number of nitrogens with one attached hydrogen (secondary N) is 3. The van der Waals surface area contributed by atoms with Crippen molar-refractivity contribution in [3.05, 3.63) is 58.9 Å². The summed E-state index contributed by atoms with van der Waals surface area (Å²) in [6, 6.07) is 9.12. The predicted molar refractivity (Wildman–Crippen MR) is 101 cm³/mol. The highest BCUT2D eigenvalue weighted by Gasteiger charge is 2.12. The van der Waals surface area contributed by atoms with Gasteiger partial charge >= 0.3 is 5.97 Å². The summed E-state index contributed by atoms with van der Waals surface area (Å²) >= 11 is 5.76. The maximum Gasteiger partial charge on any atom is 0.325 e. The van der Waals surface area contributed by atoms with Crippen LogP contribution in [0.5, 0.6) is 0 Å². The van der Waals surface area contributed by atoms with E-state index < -0.39 is 30.9 Å². The minimum Gasteiger partial charge on any atom is -0.454 e. The zero-order chi connectivity index (χ0) is 20.5. The number of carbonyl (C=O) groups is 4. The number of rotatable bonds is 7. The van der Waals surface area contributed by atoms with Crippen molar-refractivity contribution in [3.8, 4) is 0 Å². The monoisotopic (exact) mass is 404 g/mol. The molecule has 1 aromatic heterocycles. The number of halogens is 1. The summed E-state index contributed by atoms with van der Waals surface area (Å²) in [6.07, 6.45) is 1.36. The number of pyridine rings is 1. The molecule has 146 valence electrons. The van der Waals surface area contributed by atoms with Gasteiger partial charge in [0.15, 0.2) is 6.61 Å². The van der Waals surface area contributed by atoms with E-state index in [9.17, 15) is 19.2 Å². The zero-order valence-corrected chi connectivity index (χ0v) is 15.6. The fraction of sp³-hybridized carbons (Fsp3) is 0.167.